The van der Waals surface area contributed by atoms with E-state index in [1.807, 2.05) is 60.7 Å². The Balaban J connectivity index is 0.967. The van der Waals surface area contributed by atoms with Gasteiger partial charge in [0.25, 0.3) is 0 Å². The van der Waals surface area contributed by atoms with E-state index >= 15 is 0 Å². The van der Waals surface area contributed by atoms with E-state index in [1.165, 1.54) is 10.9 Å². The molecule has 4 heteroatoms. The second-order valence-corrected chi connectivity index (χ2v) is 16.3. The molecule has 1 aliphatic heterocycles. The molecule has 0 N–H and O–H groups in total. The molecule has 1 aromatic heterocycles. The second-order valence-electron chi connectivity index (χ2n) is 16.3. The van der Waals surface area contributed by atoms with E-state index in [9.17, 15) is 0 Å². The van der Waals surface area contributed by atoms with Gasteiger partial charge in [-0.3, -0.25) is 0 Å². The Bertz CT molecular complexity index is 3460. The van der Waals surface area contributed by atoms with Crippen molar-refractivity contribution in [3.05, 3.63) is 237 Å². The molecule has 11 aromatic rings. The van der Waals surface area contributed by atoms with Crippen LogP contribution in [0.2, 0.25) is 0 Å². The van der Waals surface area contributed by atoms with Crippen molar-refractivity contribution in [2.24, 2.45) is 0 Å². The highest BCUT2D eigenvalue weighted by atomic mass is 16.5. The predicted octanol–water partition coefficient (Wildman–Crippen LogP) is 16.1. The van der Waals surface area contributed by atoms with Gasteiger partial charge in [0.15, 0.2) is 17.5 Å². The van der Waals surface area contributed by atoms with Crippen molar-refractivity contribution in [3.8, 4) is 112 Å². The molecule has 304 valence electrons. The molecule has 0 radical (unpaired) electrons. The Morgan fingerprint density at radius 3 is 1.23 bits per heavy atom. The number of hydrogen-bond acceptors (Lipinski definition) is 4. The fourth-order valence-corrected chi connectivity index (χ4v) is 9.18. The smallest absolute Gasteiger partial charge is 0.164 e. The van der Waals surface area contributed by atoms with Crippen molar-refractivity contribution >= 4 is 10.8 Å². The van der Waals surface area contributed by atoms with Crippen LogP contribution in [-0.2, 0) is 0 Å². The first-order chi connectivity index (χ1) is 32.2. The highest BCUT2D eigenvalue weighted by Gasteiger charge is 2.26. The van der Waals surface area contributed by atoms with Crippen LogP contribution in [0.15, 0.2) is 237 Å². The highest BCUT2D eigenvalue weighted by molar-refractivity contribution is 6.07. The Morgan fingerprint density at radius 1 is 0.262 bits per heavy atom. The topological polar surface area (TPSA) is 47.9 Å². The molecular weight excluding hydrogens is 791 g/mol. The van der Waals surface area contributed by atoms with Crippen molar-refractivity contribution < 1.29 is 4.74 Å². The summed E-state index contributed by atoms with van der Waals surface area (Å²) in [6.07, 6.45) is 0. The van der Waals surface area contributed by atoms with Crippen molar-refractivity contribution in [3.63, 3.8) is 0 Å². The van der Waals surface area contributed by atoms with Crippen LogP contribution in [0.25, 0.3) is 112 Å². The van der Waals surface area contributed by atoms with Gasteiger partial charge in [-0.1, -0.05) is 218 Å². The van der Waals surface area contributed by atoms with Gasteiger partial charge < -0.3 is 4.74 Å². The highest BCUT2D eigenvalue weighted by Crippen LogP contribution is 2.53. The summed E-state index contributed by atoms with van der Waals surface area (Å²) in [5.41, 5.74) is 16.3. The number of fused-ring (bicyclic) bond motifs is 2. The lowest BCUT2D eigenvalue weighted by Gasteiger charge is -2.25. The standard InChI is InChI=1S/C61H39N3O/c1-5-16-40(17-6-1)49-38-53(56(44-18-7-2-8-19-44)54(39-49)52-28-15-27-51-50-26-13-24-45-25-14-29-55(57(45)50)65-58(51)52)43-34-30-41(31-35-43)42-32-36-48(37-33-42)61-63-59(46-20-9-3-10-21-46)62-60(64-61)47-22-11-4-12-23-47/h1-39H. The lowest BCUT2D eigenvalue weighted by atomic mass is 9.83. The summed E-state index contributed by atoms with van der Waals surface area (Å²) in [6, 6.07) is 83.1. The number of ether oxygens (including phenoxy) is 1. The van der Waals surface area contributed by atoms with Crippen LogP contribution in [-0.4, -0.2) is 15.0 Å². The largest absolute Gasteiger partial charge is 0.455 e. The molecule has 0 aliphatic carbocycles. The molecule has 2 heterocycles. The number of aromatic nitrogens is 3. The van der Waals surface area contributed by atoms with Crippen LogP contribution in [0.5, 0.6) is 11.5 Å². The van der Waals surface area contributed by atoms with Gasteiger partial charge >= 0.3 is 0 Å². The second kappa shape index (κ2) is 16.2. The number of benzene rings is 10. The molecule has 0 spiro atoms. The van der Waals surface area contributed by atoms with Gasteiger partial charge in [0.1, 0.15) is 11.5 Å². The minimum atomic E-state index is 0.633. The van der Waals surface area contributed by atoms with Gasteiger partial charge in [-0.15, -0.1) is 0 Å². The van der Waals surface area contributed by atoms with Crippen LogP contribution in [0.3, 0.4) is 0 Å². The van der Waals surface area contributed by atoms with Crippen LogP contribution in [0.1, 0.15) is 0 Å². The summed E-state index contributed by atoms with van der Waals surface area (Å²) >= 11 is 0. The lowest BCUT2D eigenvalue weighted by Crippen LogP contribution is -2.00. The molecule has 65 heavy (non-hydrogen) atoms. The summed E-state index contributed by atoms with van der Waals surface area (Å²) in [5.74, 6) is 3.67. The monoisotopic (exact) mass is 829 g/mol. The Hall–Kier alpha value is -8.73. The van der Waals surface area contributed by atoms with E-state index in [-0.39, 0.29) is 0 Å². The molecule has 1 aliphatic rings. The first kappa shape index (κ1) is 38.0. The van der Waals surface area contributed by atoms with E-state index in [0.717, 1.165) is 94.8 Å². The van der Waals surface area contributed by atoms with Crippen LogP contribution < -0.4 is 4.74 Å². The Kier molecular flexibility index (Phi) is 9.46. The maximum Gasteiger partial charge on any atom is 0.164 e. The summed E-state index contributed by atoms with van der Waals surface area (Å²) in [7, 11) is 0. The molecular formula is C61H39N3O. The molecule has 0 saturated carbocycles. The van der Waals surface area contributed by atoms with Gasteiger partial charge in [0, 0.05) is 33.2 Å². The first-order valence-corrected chi connectivity index (χ1v) is 21.9. The van der Waals surface area contributed by atoms with E-state index in [2.05, 4.69) is 176 Å². The molecule has 0 amide bonds. The zero-order valence-corrected chi connectivity index (χ0v) is 35.3. The maximum absolute atomic E-state index is 6.96. The summed E-state index contributed by atoms with van der Waals surface area (Å²) in [5, 5.41) is 2.32. The number of hydrogen-bond donors (Lipinski definition) is 0. The molecule has 0 atom stereocenters. The summed E-state index contributed by atoms with van der Waals surface area (Å²) in [6.45, 7) is 0. The van der Waals surface area contributed by atoms with Crippen molar-refractivity contribution in [2.75, 3.05) is 0 Å². The van der Waals surface area contributed by atoms with Gasteiger partial charge in [0.05, 0.1) is 0 Å². The molecule has 0 unspecified atom stereocenters. The van der Waals surface area contributed by atoms with Gasteiger partial charge in [-0.05, 0) is 79.2 Å². The molecule has 4 nitrogen and oxygen atoms in total. The minimum absolute atomic E-state index is 0.633. The van der Waals surface area contributed by atoms with E-state index < -0.39 is 0 Å². The van der Waals surface area contributed by atoms with Gasteiger partial charge in [-0.2, -0.15) is 0 Å². The van der Waals surface area contributed by atoms with E-state index in [4.69, 9.17) is 19.7 Å². The molecule has 0 saturated heterocycles. The quantitative estimate of drug-likeness (QED) is 0.153. The molecule has 0 bridgehead atoms. The third-order valence-corrected chi connectivity index (χ3v) is 12.4. The van der Waals surface area contributed by atoms with Crippen LogP contribution in [0, 0.1) is 0 Å². The van der Waals surface area contributed by atoms with Gasteiger partial charge in [-0.25, -0.2) is 15.0 Å². The summed E-state index contributed by atoms with van der Waals surface area (Å²) < 4.78 is 6.96. The third kappa shape index (κ3) is 7.04. The number of para-hydroxylation sites is 1. The zero-order chi connectivity index (χ0) is 43.1. The van der Waals surface area contributed by atoms with Crippen molar-refractivity contribution in [2.45, 2.75) is 0 Å². The van der Waals surface area contributed by atoms with Crippen LogP contribution in [0.4, 0.5) is 0 Å². The lowest BCUT2D eigenvalue weighted by molar-refractivity contribution is 0.489. The maximum atomic E-state index is 6.96. The zero-order valence-electron chi connectivity index (χ0n) is 35.3. The van der Waals surface area contributed by atoms with Gasteiger partial charge in [0.2, 0.25) is 0 Å². The Labute approximate surface area is 377 Å². The first-order valence-electron chi connectivity index (χ1n) is 21.9. The van der Waals surface area contributed by atoms with Crippen molar-refractivity contribution in [1.82, 2.24) is 15.0 Å². The SMILES string of the molecule is c1ccc(-c2cc(-c3ccc(-c4ccc(-c5nc(-c6ccccc6)nc(-c6ccccc6)n5)cc4)cc3)c(-c3ccccc3)c(-c3cccc4c3Oc3cccc5cccc-4c35)c2)cc1. The molecule has 12 rings (SSSR count). The molecule has 10 aromatic carbocycles. The third-order valence-electron chi connectivity index (χ3n) is 12.4. The van der Waals surface area contributed by atoms with Crippen molar-refractivity contribution in [1.29, 1.82) is 0 Å². The normalized spacial score (nSPS) is 11.5. The molecule has 0 fully saturated rings. The fourth-order valence-electron chi connectivity index (χ4n) is 9.18. The predicted molar refractivity (Wildman–Crippen MR) is 266 cm³/mol. The Morgan fingerprint density at radius 2 is 0.662 bits per heavy atom. The van der Waals surface area contributed by atoms with E-state index in [0.29, 0.717) is 17.5 Å². The van der Waals surface area contributed by atoms with E-state index in [1.54, 1.807) is 0 Å². The average Bonchev–Trinajstić information content (AvgIpc) is 3.39. The van der Waals surface area contributed by atoms with Crippen LogP contribution >= 0.6 is 0 Å². The average molecular weight is 830 g/mol. The fraction of sp³-hybridized carbons (Fsp3) is 0. The minimum Gasteiger partial charge on any atom is -0.455 e. The number of nitrogens with zero attached hydrogens (tertiary/aromatic N) is 3. The number of rotatable bonds is 8. The summed E-state index contributed by atoms with van der Waals surface area (Å²) in [4.78, 5) is 14.8.